The minimum absolute atomic E-state index is 0.0265. The van der Waals surface area contributed by atoms with Crippen LogP contribution in [0.1, 0.15) is 17.5 Å². The molecule has 3 N–H and O–H groups in total. The van der Waals surface area contributed by atoms with Crippen LogP contribution in [0.4, 0.5) is 5.69 Å². The molecule has 1 aliphatic rings. The number of aliphatic carboxylic acids is 1. The monoisotopic (exact) mass is 468 g/mol. The summed E-state index contributed by atoms with van der Waals surface area (Å²) in [5.41, 5.74) is 1.16. The average Bonchev–Trinajstić information content (AvgIpc) is 2.78. The van der Waals surface area contributed by atoms with E-state index >= 15 is 0 Å². The van der Waals surface area contributed by atoms with Crippen molar-refractivity contribution in [2.24, 2.45) is 11.1 Å². The summed E-state index contributed by atoms with van der Waals surface area (Å²) >= 11 is 6.62. The van der Waals surface area contributed by atoms with Crippen LogP contribution in [-0.4, -0.2) is 31.9 Å². The predicted molar refractivity (Wildman–Crippen MR) is 90.8 cm³/mol. The Labute approximate surface area is 150 Å². The Morgan fingerprint density at radius 3 is 2.09 bits per heavy atom. The van der Waals surface area contributed by atoms with E-state index in [0.29, 0.717) is 25.8 Å². The topological polar surface area (TPSA) is 118 Å². The van der Waals surface area contributed by atoms with E-state index in [0.717, 1.165) is 0 Å². The van der Waals surface area contributed by atoms with Gasteiger partial charge in [0.2, 0.25) is 15.9 Å². The van der Waals surface area contributed by atoms with Crippen molar-refractivity contribution in [3.8, 4) is 0 Å². The van der Waals surface area contributed by atoms with Gasteiger partial charge in [-0.05, 0) is 56.8 Å². The first-order chi connectivity index (χ1) is 10.5. The molecule has 7 nitrogen and oxygen atoms in total. The number of carboxylic acid groups (broad SMARTS) is 1. The standard InChI is InChI=1S/C13H14Br2N2O5S/c1-5-9(14)11(10(15)6(2)12(5)23(16,21)22)17-4-7(13(19)20)3-8(17)18/h7H,3-4H2,1-2H3,(H,19,20)(H2,16,21,22). The second-order valence-corrected chi connectivity index (χ2v) is 8.43. The van der Waals surface area contributed by atoms with Crippen LogP contribution in [0.2, 0.25) is 0 Å². The van der Waals surface area contributed by atoms with Gasteiger partial charge in [0, 0.05) is 21.9 Å². The highest BCUT2D eigenvalue weighted by molar-refractivity contribution is 9.11. The maximum Gasteiger partial charge on any atom is 0.308 e. The summed E-state index contributed by atoms with van der Waals surface area (Å²) < 4.78 is 24.4. The number of amides is 1. The molecule has 23 heavy (non-hydrogen) atoms. The van der Waals surface area contributed by atoms with Gasteiger partial charge in [-0.25, -0.2) is 13.6 Å². The Bertz CT molecular complexity index is 793. The largest absolute Gasteiger partial charge is 0.481 e. The smallest absolute Gasteiger partial charge is 0.308 e. The van der Waals surface area contributed by atoms with Crippen LogP contribution in [0.15, 0.2) is 13.8 Å². The highest BCUT2D eigenvalue weighted by Crippen LogP contribution is 2.44. The molecule has 1 aromatic carbocycles. The second-order valence-electron chi connectivity index (χ2n) is 5.34. The lowest BCUT2D eigenvalue weighted by Crippen LogP contribution is -2.27. The third-order valence-corrected chi connectivity index (χ3v) is 6.91. The first-order valence-corrected chi connectivity index (χ1v) is 9.64. The van der Waals surface area contributed by atoms with Gasteiger partial charge in [-0.15, -0.1) is 0 Å². The van der Waals surface area contributed by atoms with Gasteiger partial charge in [0.05, 0.1) is 16.5 Å². The molecule has 1 unspecified atom stereocenters. The molecule has 1 saturated heterocycles. The van der Waals surface area contributed by atoms with Crippen LogP contribution >= 0.6 is 31.9 Å². The van der Waals surface area contributed by atoms with E-state index in [4.69, 9.17) is 10.2 Å². The molecule has 0 radical (unpaired) electrons. The number of carbonyl (C=O) groups is 2. The van der Waals surface area contributed by atoms with Crippen molar-refractivity contribution in [3.63, 3.8) is 0 Å². The molecule has 2 rings (SSSR count). The molecule has 0 aromatic heterocycles. The zero-order valence-corrected chi connectivity index (χ0v) is 16.2. The van der Waals surface area contributed by atoms with E-state index in [-0.39, 0.29) is 23.8 Å². The fourth-order valence-corrected chi connectivity index (χ4v) is 5.49. The first-order valence-electron chi connectivity index (χ1n) is 6.51. The molecular formula is C13H14Br2N2O5S. The highest BCUT2D eigenvalue weighted by atomic mass is 79.9. The van der Waals surface area contributed by atoms with Gasteiger partial charge in [0.1, 0.15) is 0 Å². The number of primary sulfonamides is 1. The Morgan fingerprint density at radius 1 is 1.26 bits per heavy atom. The number of hydrogen-bond donors (Lipinski definition) is 2. The lowest BCUT2D eigenvalue weighted by molar-refractivity contribution is -0.141. The molecule has 1 heterocycles. The molecule has 10 heteroatoms. The van der Waals surface area contributed by atoms with Crippen molar-refractivity contribution >= 4 is 59.4 Å². The summed E-state index contributed by atoms with van der Waals surface area (Å²) in [6, 6.07) is 0. The number of nitrogens with zero attached hydrogens (tertiary/aromatic N) is 1. The van der Waals surface area contributed by atoms with Crippen LogP contribution in [0.3, 0.4) is 0 Å². The normalized spacial score (nSPS) is 18.6. The van der Waals surface area contributed by atoms with Gasteiger partial charge in [0.15, 0.2) is 0 Å². The van der Waals surface area contributed by atoms with Crippen molar-refractivity contribution in [3.05, 3.63) is 20.1 Å². The molecule has 0 aliphatic carbocycles. The molecule has 0 bridgehead atoms. The summed E-state index contributed by atoms with van der Waals surface area (Å²) in [6.07, 6.45) is -0.0940. The SMILES string of the molecule is Cc1c(Br)c(N2CC(C(=O)O)CC2=O)c(Br)c(C)c1S(N)(=O)=O. The van der Waals surface area contributed by atoms with Crippen molar-refractivity contribution in [1.29, 1.82) is 0 Å². The number of halogens is 2. The molecule has 1 aromatic rings. The Hall–Kier alpha value is -0.970. The number of hydrogen-bond acceptors (Lipinski definition) is 4. The summed E-state index contributed by atoms with van der Waals surface area (Å²) in [6.45, 7) is 3.17. The number of carbonyl (C=O) groups excluding carboxylic acids is 1. The maximum atomic E-state index is 12.2. The van der Waals surface area contributed by atoms with Crippen molar-refractivity contribution in [2.45, 2.75) is 25.2 Å². The molecule has 0 saturated carbocycles. The Morgan fingerprint density at radius 2 is 1.74 bits per heavy atom. The second kappa shape index (κ2) is 6.15. The zero-order valence-electron chi connectivity index (χ0n) is 12.3. The first kappa shape index (κ1) is 18.4. The molecule has 1 atom stereocenters. The van der Waals surface area contributed by atoms with Gasteiger partial charge in [-0.1, -0.05) is 0 Å². The molecule has 126 valence electrons. The van der Waals surface area contributed by atoms with Crippen LogP contribution in [0.25, 0.3) is 0 Å². The van der Waals surface area contributed by atoms with Gasteiger partial charge in [0.25, 0.3) is 0 Å². The minimum Gasteiger partial charge on any atom is -0.481 e. The zero-order chi connectivity index (χ0) is 17.7. The average molecular weight is 470 g/mol. The number of benzene rings is 1. The highest BCUT2D eigenvalue weighted by Gasteiger charge is 2.38. The van der Waals surface area contributed by atoms with Gasteiger partial charge in [-0.2, -0.15) is 0 Å². The van der Waals surface area contributed by atoms with Crippen LogP contribution < -0.4 is 10.0 Å². The van der Waals surface area contributed by atoms with E-state index < -0.39 is 21.9 Å². The van der Waals surface area contributed by atoms with Crippen molar-refractivity contribution in [2.75, 3.05) is 11.4 Å². The predicted octanol–water partition coefficient (Wildman–Crippen LogP) is 1.91. The van der Waals surface area contributed by atoms with Gasteiger partial charge >= 0.3 is 5.97 Å². The lowest BCUT2D eigenvalue weighted by Gasteiger charge is -2.24. The lowest BCUT2D eigenvalue weighted by atomic mass is 10.1. The van der Waals surface area contributed by atoms with Crippen LogP contribution in [-0.2, 0) is 19.6 Å². The molecular weight excluding hydrogens is 456 g/mol. The van der Waals surface area contributed by atoms with Crippen LogP contribution in [0, 0.1) is 19.8 Å². The summed E-state index contributed by atoms with van der Waals surface area (Å²) in [5, 5.41) is 14.4. The molecule has 1 fully saturated rings. The quantitative estimate of drug-likeness (QED) is 0.700. The van der Waals surface area contributed by atoms with Gasteiger partial charge in [-0.3, -0.25) is 9.59 Å². The number of anilines is 1. The van der Waals surface area contributed by atoms with E-state index in [9.17, 15) is 18.0 Å². The number of sulfonamides is 1. The third-order valence-electron chi connectivity index (χ3n) is 3.78. The Kier molecular flexibility index (Phi) is 4.91. The van der Waals surface area contributed by atoms with E-state index in [1.807, 2.05) is 0 Å². The van der Waals surface area contributed by atoms with E-state index in [2.05, 4.69) is 31.9 Å². The molecule has 1 aliphatic heterocycles. The fraction of sp³-hybridized carbons (Fsp3) is 0.385. The summed E-state index contributed by atoms with van der Waals surface area (Å²) in [7, 11) is -3.94. The fourth-order valence-electron chi connectivity index (χ4n) is 2.69. The number of nitrogens with two attached hydrogens (primary N) is 1. The van der Waals surface area contributed by atoms with Crippen molar-refractivity contribution < 1.29 is 23.1 Å². The number of rotatable bonds is 3. The minimum atomic E-state index is -3.94. The maximum absolute atomic E-state index is 12.2. The Balaban J connectivity index is 2.67. The van der Waals surface area contributed by atoms with E-state index in [1.54, 1.807) is 13.8 Å². The summed E-state index contributed by atoms with van der Waals surface area (Å²) in [5.74, 6) is -2.16. The van der Waals surface area contributed by atoms with Gasteiger partial charge < -0.3 is 10.0 Å². The van der Waals surface area contributed by atoms with E-state index in [1.165, 1.54) is 4.90 Å². The number of carboxylic acids is 1. The van der Waals surface area contributed by atoms with Crippen molar-refractivity contribution in [1.82, 2.24) is 0 Å². The van der Waals surface area contributed by atoms with Crippen LogP contribution in [0.5, 0.6) is 0 Å². The molecule has 1 amide bonds. The summed E-state index contributed by atoms with van der Waals surface area (Å²) in [4.78, 5) is 24.6. The molecule has 0 spiro atoms. The third kappa shape index (κ3) is 3.17.